The van der Waals surface area contributed by atoms with Gasteiger partial charge in [-0.2, -0.15) is 17.0 Å². The number of rotatable bonds is 7. The van der Waals surface area contributed by atoms with Crippen molar-refractivity contribution in [1.82, 2.24) is 13.6 Å². The summed E-state index contributed by atoms with van der Waals surface area (Å²) >= 11 is 12.4. The summed E-state index contributed by atoms with van der Waals surface area (Å²) in [5.74, 6) is -0.136. The van der Waals surface area contributed by atoms with E-state index in [1.165, 1.54) is 0 Å². The van der Waals surface area contributed by atoms with Crippen LogP contribution in [0, 0.1) is 0 Å². The molecule has 10 heteroatoms. The molecule has 2 fully saturated rings. The third kappa shape index (κ3) is 6.03. The second-order valence-corrected chi connectivity index (χ2v) is 13.6. The molecule has 7 nitrogen and oxygen atoms in total. The molecular formula is C31H32Cl2N4O3S. The van der Waals surface area contributed by atoms with Gasteiger partial charge >= 0.3 is 0 Å². The zero-order chi connectivity index (χ0) is 28.6. The van der Waals surface area contributed by atoms with E-state index in [0.29, 0.717) is 54.6 Å². The van der Waals surface area contributed by atoms with Crippen molar-refractivity contribution >= 4 is 50.0 Å². The summed E-state index contributed by atoms with van der Waals surface area (Å²) in [6.45, 7) is 2.15. The molecule has 214 valence electrons. The quantitative estimate of drug-likeness (QED) is 0.229. The third-order valence-corrected chi connectivity index (χ3v) is 10.6. The van der Waals surface area contributed by atoms with Gasteiger partial charge in [0.2, 0.25) is 5.88 Å². The van der Waals surface area contributed by atoms with Crippen molar-refractivity contribution in [2.24, 2.45) is 0 Å². The molecule has 2 saturated heterocycles. The summed E-state index contributed by atoms with van der Waals surface area (Å²) in [5, 5.41) is 16.3. The van der Waals surface area contributed by atoms with E-state index in [9.17, 15) is 13.5 Å². The molecule has 3 heterocycles. The summed E-state index contributed by atoms with van der Waals surface area (Å²) in [4.78, 5) is 4.37. The summed E-state index contributed by atoms with van der Waals surface area (Å²) in [6.07, 6.45) is 3.20. The molecular weight excluding hydrogens is 579 g/mol. The predicted molar refractivity (Wildman–Crippen MR) is 165 cm³/mol. The zero-order valence-electron chi connectivity index (χ0n) is 22.5. The highest BCUT2D eigenvalue weighted by Gasteiger charge is 2.34. The van der Waals surface area contributed by atoms with Gasteiger partial charge in [0.1, 0.15) is 0 Å². The first-order valence-electron chi connectivity index (χ1n) is 13.9. The van der Waals surface area contributed by atoms with Gasteiger partial charge < -0.3 is 10.4 Å². The number of piperidine rings is 1. The first kappa shape index (κ1) is 28.2. The number of pyridine rings is 1. The van der Waals surface area contributed by atoms with Crippen LogP contribution in [0.1, 0.15) is 48.3 Å². The Morgan fingerprint density at radius 1 is 0.780 bits per heavy atom. The van der Waals surface area contributed by atoms with Crippen molar-refractivity contribution in [2.45, 2.75) is 37.6 Å². The Balaban J connectivity index is 1.30. The van der Waals surface area contributed by atoms with Crippen LogP contribution in [0.5, 0.6) is 5.88 Å². The van der Waals surface area contributed by atoms with Gasteiger partial charge in [0.05, 0.1) is 5.52 Å². The van der Waals surface area contributed by atoms with Crippen LogP contribution in [0.15, 0.2) is 72.8 Å². The third-order valence-electron chi connectivity index (χ3n) is 8.09. The molecule has 0 unspecified atom stereocenters. The van der Waals surface area contributed by atoms with E-state index < -0.39 is 10.2 Å². The number of hydrogen-bond acceptors (Lipinski definition) is 5. The highest BCUT2D eigenvalue weighted by Crippen LogP contribution is 2.37. The van der Waals surface area contributed by atoms with Crippen molar-refractivity contribution in [3.63, 3.8) is 0 Å². The zero-order valence-corrected chi connectivity index (χ0v) is 24.8. The van der Waals surface area contributed by atoms with Crippen LogP contribution in [0.25, 0.3) is 10.9 Å². The van der Waals surface area contributed by atoms with E-state index in [-0.39, 0.29) is 17.8 Å². The first-order valence-corrected chi connectivity index (χ1v) is 16.1. The molecule has 0 atom stereocenters. The van der Waals surface area contributed by atoms with Gasteiger partial charge in [-0.05, 0) is 78.8 Å². The number of anilines is 1. The van der Waals surface area contributed by atoms with Crippen LogP contribution in [0.4, 0.5) is 5.69 Å². The van der Waals surface area contributed by atoms with E-state index in [2.05, 4.69) is 16.4 Å². The Kier molecular flexibility index (Phi) is 8.12. The predicted octanol–water partition coefficient (Wildman–Crippen LogP) is 6.64. The lowest BCUT2D eigenvalue weighted by molar-refractivity contribution is 0.304. The van der Waals surface area contributed by atoms with E-state index in [1.807, 2.05) is 60.7 Å². The number of fused-ring (bicyclic) bond motifs is 1. The molecule has 0 bridgehead atoms. The van der Waals surface area contributed by atoms with Gasteiger partial charge in [0, 0.05) is 65.3 Å². The van der Waals surface area contributed by atoms with Crippen LogP contribution in [-0.4, -0.2) is 59.3 Å². The second-order valence-electron chi connectivity index (χ2n) is 10.8. The minimum absolute atomic E-state index is 0.0613. The standard InChI is InChI=1S/C31H32Cl2N4O3S/c32-24-8-3-21(4-9-24)31(22-5-10-25(33)11-6-22)23-7-12-28-27(19-23)29(20-30(38)35-28)34-26-13-17-37(18-14-26)41(39,40)36-15-1-2-16-36/h3-12,19-20,26,31H,1-2,13-18H2,(H2,34,35,38). The van der Waals surface area contributed by atoms with Crippen molar-refractivity contribution in [2.75, 3.05) is 31.5 Å². The maximum atomic E-state index is 13.0. The number of benzene rings is 3. The largest absolute Gasteiger partial charge is 0.493 e. The monoisotopic (exact) mass is 610 g/mol. The SMILES string of the molecule is O=S(=O)(N1CCCC1)N1CCC(Nc2cc(O)nc3ccc(C(c4ccc(Cl)cc4)c4ccc(Cl)cc4)cc23)CC1. The molecule has 2 aliphatic rings. The number of aromatic hydroxyl groups is 1. The Bertz CT molecular complexity index is 1590. The fraction of sp³-hybridized carbons (Fsp3) is 0.323. The Morgan fingerprint density at radius 2 is 1.32 bits per heavy atom. The Hall–Kier alpha value is -2.88. The van der Waals surface area contributed by atoms with Crippen molar-refractivity contribution < 1.29 is 13.5 Å². The van der Waals surface area contributed by atoms with Crippen LogP contribution in [0.2, 0.25) is 10.0 Å². The summed E-state index contributed by atoms with van der Waals surface area (Å²) in [6, 6.07) is 23.5. The number of nitrogens with zero attached hydrogens (tertiary/aromatic N) is 3. The van der Waals surface area contributed by atoms with Gasteiger partial charge in [0.15, 0.2) is 0 Å². The van der Waals surface area contributed by atoms with Crippen LogP contribution < -0.4 is 5.32 Å². The average Bonchev–Trinajstić information content (AvgIpc) is 3.52. The Labute approximate surface area is 250 Å². The summed E-state index contributed by atoms with van der Waals surface area (Å²) in [5.41, 5.74) is 4.69. The summed E-state index contributed by atoms with van der Waals surface area (Å²) in [7, 11) is -3.40. The normalized spacial score (nSPS) is 17.4. The van der Waals surface area contributed by atoms with Gasteiger partial charge in [-0.3, -0.25) is 0 Å². The lowest BCUT2D eigenvalue weighted by Gasteiger charge is -2.34. The van der Waals surface area contributed by atoms with Crippen molar-refractivity contribution in [1.29, 1.82) is 0 Å². The molecule has 1 aromatic heterocycles. The van der Waals surface area contributed by atoms with E-state index in [4.69, 9.17) is 23.2 Å². The molecule has 6 rings (SSSR count). The topological polar surface area (TPSA) is 85.8 Å². The molecule has 2 aliphatic heterocycles. The molecule has 4 aromatic rings. The fourth-order valence-electron chi connectivity index (χ4n) is 5.95. The molecule has 0 saturated carbocycles. The van der Waals surface area contributed by atoms with Gasteiger partial charge in [-0.1, -0.05) is 53.5 Å². The van der Waals surface area contributed by atoms with E-state index in [0.717, 1.165) is 40.6 Å². The van der Waals surface area contributed by atoms with Crippen molar-refractivity contribution in [3.8, 4) is 5.88 Å². The van der Waals surface area contributed by atoms with Crippen molar-refractivity contribution in [3.05, 3.63) is 99.5 Å². The van der Waals surface area contributed by atoms with Gasteiger partial charge in [0.25, 0.3) is 10.2 Å². The number of nitrogens with one attached hydrogen (secondary N) is 1. The average molecular weight is 612 g/mol. The summed E-state index contributed by atoms with van der Waals surface area (Å²) < 4.78 is 29.3. The maximum Gasteiger partial charge on any atom is 0.281 e. The van der Waals surface area contributed by atoms with Crippen LogP contribution in [-0.2, 0) is 10.2 Å². The van der Waals surface area contributed by atoms with E-state index >= 15 is 0 Å². The fourth-order valence-corrected chi connectivity index (χ4v) is 7.92. The minimum Gasteiger partial charge on any atom is -0.493 e. The molecule has 0 amide bonds. The Morgan fingerprint density at radius 3 is 1.90 bits per heavy atom. The highest BCUT2D eigenvalue weighted by atomic mass is 35.5. The molecule has 0 aliphatic carbocycles. The van der Waals surface area contributed by atoms with Gasteiger partial charge in [-0.15, -0.1) is 0 Å². The second kappa shape index (κ2) is 11.8. The van der Waals surface area contributed by atoms with Crippen LogP contribution in [0.3, 0.4) is 0 Å². The maximum absolute atomic E-state index is 13.0. The number of halogens is 2. The molecule has 2 N–H and O–H groups in total. The molecule has 0 radical (unpaired) electrons. The molecule has 0 spiro atoms. The van der Waals surface area contributed by atoms with E-state index in [1.54, 1.807) is 14.7 Å². The highest BCUT2D eigenvalue weighted by molar-refractivity contribution is 7.86. The molecule has 3 aromatic carbocycles. The lowest BCUT2D eigenvalue weighted by atomic mass is 9.84. The minimum atomic E-state index is -3.40. The molecule has 41 heavy (non-hydrogen) atoms. The smallest absolute Gasteiger partial charge is 0.281 e. The van der Waals surface area contributed by atoms with Gasteiger partial charge in [-0.25, -0.2) is 4.98 Å². The van der Waals surface area contributed by atoms with Crippen LogP contribution >= 0.6 is 23.2 Å². The number of aromatic nitrogens is 1. The number of hydrogen-bond donors (Lipinski definition) is 2. The first-order chi connectivity index (χ1) is 19.8. The lowest BCUT2D eigenvalue weighted by Crippen LogP contribution is -2.48.